The maximum atomic E-state index is 13.5. The Morgan fingerprint density at radius 1 is 1.12 bits per heavy atom. The molecule has 4 rings (SSSR count). The standard InChI is InChI=1S/C27H25FN2O2S/c1-4-5-15-30(33-3)23-17-24-22(16-21(23)18-9-7-6-8-10-18)25(27(31)29-2)26(32-24)19-11-13-20(28)14-12-19/h4,6-14,16-17H,1,5,15H2,2-3H3,(H,29,31). The average Bonchev–Trinajstić information content (AvgIpc) is 3.23. The minimum absolute atomic E-state index is 0.256. The summed E-state index contributed by atoms with van der Waals surface area (Å²) in [6, 6.07) is 20.0. The van der Waals surface area contributed by atoms with Crippen molar-refractivity contribution in [1.29, 1.82) is 0 Å². The van der Waals surface area contributed by atoms with Crippen molar-refractivity contribution in [2.24, 2.45) is 0 Å². The monoisotopic (exact) mass is 460 g/mol. The molecular formula is C27H25FN2O2S. The van der Waals surface area contributed by atoms with Crippen LogP contribution < -0.4 is 9.62 Å². The molecule has 0 aliphatic carbocycles. The molecule has 4 aromatic rings. The lowest BCUT2D eigenvalue weighted by molar-refractivity contribution is 0.0964. The molecule has 0 fully saturated rings. The number of carbonyl (C=O) groups is 1. The first-order chi connectivity index (χ1) is 16.1. The van der Waals surface area contributed by atoms with Crippen molar-refractivity contribution in [3.8, 4) is 22.5 Å². The third kappa shape index (κ3) is 4.52. The first-order valence-electron chi connectivity index (χ1n) is 10.6. The molecule has 0 bridgehead atoms. The van der Waals surface area contributed by atoms with Gasteiger partial charge in [0.15, 0.2) is 0 Å². The van der Waals surface area contributed by atoms with Crippen LogP contribution in [0, 0.1) is 5.82 Å². The van der Waals surface area contributed by atoms with E-state index >= 15 is 0 Å². The van der Waals surface area contributed by atoms with E-state index < -0.39 is 0 Å². The molecule has 0 unspecified atom stereocenters. The molecule has 3 aromatic carbocycles. The first-order valence-corrected chi connectivity index (χ1v) is 11.8. The van der Waals surface area contributed by atoms with Gasteiger partial charge in [0.05, 0.1) is 11.3 Å². The number of amides is 1. The summed E-state index contributed by atoms with van der Waals surface area (Å²) in [5.74, 6) is -0.182. The van der Waals surface area contributed by atoms with Gasteiger partial charge in [-0.1, -0.05) is 48.4 Å². The molecule has 1 amide bonds. The normalized spacial score (nSPS) is 10.9. The molecule has 33 heavy (non-hydrogen) atoms. The largest absolute Gasteiger partial charge is 0.455 e. The Balaban J connectivity index is 2.01. The van der Waals surface area contributed by atoms with Crippen molar-refractivity contribution < 1.29 is 13.6 Å². The van der Waals surface area contributed by atoms with Crippen LogP contribution in [0.1, 0.15) is 16.8 Å². The molecule has 0 atom stereocenters. The predicted octanol–water partition coefficient (Wildman–Crippen LogP) is 6.93. The smallest absolute Gasteiger partial charge is 0.255 e. The van der Waals surface area contributed by atoms with Gasteiger partial charge < -0.3 is 14.0 Å². The molecule has 0 saturated carbocycles. The van der Waals surface area contributed by atoms with Crippen molar-refractivity contribution >= 4 is 34.5 Å². The number of benzene rings is 3. The van der Waals surface area contributed by atoms with E-state index in [9.17, 15) is 9.18 Å². The lowest BCUT2D eigenvalue weighted by Crippen LogP contribution is -2.18. The summed E-state index contributed by atoms with van der Waals surface area (Å²) in [5, 5.41) is 3.43. The second kappa shape index (κ2) is 9.96. The Morgan fingerprint density at radius 3 is 2.48 bits per heavy atom. The Hall–Kier alpha value is -3.51. The highest BCUT2D eigenvalue weighted by molar-refractivity contribution is 8.00. The molecule has 0 aliphatic rings. The lowest BCUT2D eigenvalue weighted by atomic mass is 9.98. The van der Waals surface area contributed by atoms with Crippen LogP contribution in [0.2, 0.25) is 0 Å². The third-order valence-electron chi connectivity index (χ3n) is 5.48. The van der Waals surface area contributed by atoms with Gasteiger partial charge in [0.2, 0.25) is 0 Å². The molecule has 168 valence electrons. The average molecular weight is 461 g/mol. The molecule has 1 N–H and O–H groups in total. The van der Waals surface area contributed by atoms with Crippen molar-refractivity contribution in [2.75, 3.05) is 24.2 Å². The van der Waals surface area contributed by atoms with Gasteiger partial charge in [0.25, 0.3) is 5.91 Å². The zero-order valence-corrected chi connectivity index (χ0v) is 19.4. The Bertz CT molecular complexity index is 1280. The second-order valence-electron chi connectivity index (χ2n) is 7.49. The van der Waals surface area contributed by atoms with E-state index in [1.807, 2.05) is 42.7 Å². The van der Waals surface area contributed by atoms with Crippen LogP contribution in [-0.4, -0.2) is 25.8 Å². The van der Waals surface area contributed by atoms with Gasteiger partial charge in [-0.25, -0.2) is 4.39 Å². The molecule has 0 spiro atoms. The summed E-state index contributed by atoms with van der Waals surface area (Å²) < 4.78 is 22.0. The molecular weight excluding hydrogens is 435 g/mol. The number of rotatable bonds is 8. The highest BCUT2D eigenvalue weighted by Crippen LogP contribution is 2.42. The van der Waals surface area contributed by atoms with Gasteiger partial charge in [-0.2, -0.15) is 0 Å². The number of hydrogen-bond donors (Lipinski definition) is 1. The van der Waals surface area contributed by atoms with E-state index in [4.69, 9.17) is 4.42 Å². The van der Waals surface area contributed by atoms with Crippen molar-refractivity contribution in [1.82, 2.24) is 5.32 Å². The maximum Gasteiger partial charge on any atom is 0.255 e. The Morgan fingerprint density at radius 2 is 1.85 bits per heavy atom. The molecule has 0 saturated heterocycles. The quantitative estimate of drug-likeness (QED) is 0.229. The Kier molecular flexibility index (Phi) is 6.84. The molecule has 6 heteroatoms. The number of fused-ring (bicyclic) bond motifs is 1. The summed E-state index contributed by atoms with van der Waals surface area (Å²) in [4.78, 5) is 12.9. The van der Waals surface area contributed by atoms with Crippen LogP contribution in [0.3, 0.4) is 0 Å². The minimum atomic E-state index is -0.345. The minimum Gasteiger partial charge on any atom is -0.455 e. The molecule has 1 heterocycles. The van der Waals surface area contributed by atoms with E-state index in [0.29, 0.717) is 27.9 Å². The van der Waals surface area contributed by atoms with E-state index in [2.05, 4.69) is 28.3 Å². The van der Waals surface area contributed by atoms with E-state index in [-0.39, 0.29) is 11.7 Å². The zero-order valence-electron chi connectivity index (χ0n) is 18.6. The zero-order chi connectivity index (χ0) is 23.4. The number of nitrogens with zero attached hydrogens (tertiary/aromatic N) is 1. The molecule has 0 radical (unpaired) electrons. The van der Waals surface area contributed by atoms with Crippen LogP contribution in [0.4, 0.5) is 10.1 Å². The van der Waals surface area contributed by atoms with Crippen LogP contribution in [0.25, 0.3) is 33.4 Å². The van der Waals surface area contributed by atoms with E-state index in [0.717, 1.165) is 29.8 Å². The van der Waals surface area contributed by atoms with Crippen LogP contribution >= 0.6 is 11.9 Å². The number of anilines is 1. The fourth-order valence-electron chi connectivity index (χ4n) is 3.86. The molecule has 0 aliphatic heterocycles. The van der Waals surface area contributed by atoms with Crippen LogP contribution in [0.15, 0.2) is 83.8 Å². The highest BCUT2D eigenvalue weighted by Gasteiger charge is 2.24. The van der Waals surface area contributed by atoms with Gasteiger partial charge in [-0.3, -0.25) is 4.79 Å². The molecule has 4 nitrogen and oxygen atoms in total. The summed E-state index contributed by atoms with van der Waals surface area (Å²) in [6.07, 6.45) is 4.76. The van der Waals surface area contributed by atoms with Gasteiger partial charge in [-0.05, 0) is 42.3 Å². The summed E-state index contributed by atoms with van der Waals surface area (Å²) >= 11 is 1.62. The van der Waals surface area contributed by atoms with Crippen molar-refractivity contribution in [3.05, 3.63) is 90.8 Å². The first kappa shape index (κ1) is 22.7. The fraction of sp³-hybridized carbons (Fsp3) is 0.148. The number of nitrogens with one attached hydrogen (secondary N) is 1. The Labute approximate surface area is 197 Å². The topological polar surface area (TPSA) is 45.5 Å². The van der Waals surface area contributed by atoms with E-state index in [1.54, 1.807) is 31.1 Å². The predicted molar refractivity (Wildman–Crippen MR) is 136 cm³/mol. The van der Waals surface area contributed by atoms with Crippen LogP contribution in [-0.2, 0) is 0 Å². The molecule has 1 aromatic heterocycles. The maximum absolute atomic E-state index is 13.5. The van der Waals surface area contributed by atoms with Crippen molar-refractivity contribution in [3.63, 3.8) is 0 Å². The van der Waals surface area contributed by atoms with Gasteiger partial charge >= 0.3 is 0 Å². The summed E-state index contributed by atoms with van der Waals surface area (Å²) in [7, 11) is 1.59. The fourth-order valence-corrected chi connectivity index (χ4v) is 4.50. The summed E-state index contributed by atoms with van der Waals surface area (Å²) in [5.41, 5.74) is 4.70. The van der Waals surface area contributed by atoms with Crippen LogP contribution in [0.5, 0.6) is 0 Å². The van der Waals surface area contributed by atoms with Gasteiger partial charge in [0, 0.05) is 42.4 Å². The number of furan rings is 1. The second-order valence-corrected chi connectivity index (χ2v) is 8.29. The van der Waals surface area contributed by atoms with Gasteiger partial charge in [-0.15, -0.1) is 6.58 Å². The third-order valence-corrected chi connectivity index (χ3v) is 6.30. The summed E-state index contributed by atoms with van der Waals surface area (Å²) in [6.45, 7) is 4.63. The van der Waals surface area contributed by atoms with E-state index in [1.165, 1.54) is 12.1 Å². The SMILES string of the molecule is C=CCCN(SC)c1cc2oc(-c3ccc(F)cc3)c(C(=O)NC)c2cc1-c1ccccc1. The number of carbonyl (C=O) groups excluding carboxylic acids is 1. The number of halogens is 1. The number of hydrogen-bond acceptors (Lipinski definition) is 4. The lowest BCUT2D eigenvalue weighted by Gasteiger charge is -2.24. The van der Waals surface area contributed by atoms with Gasteiger partial charge in [0.1, 0.15) is 17.2 Å². The highest BCUT2D eigenvalue weighted by atomic mass is 32.2. The van der Waals surface area contributed by atoms with Crippen molar-refractivity contribution in [2.45, 2.75) is 6.42 Å².